The van der Waals surface area contributed by atoms with E-state index in [0.717, 1.165) is 16.7 Å². The second-order valence-corrected chi connectivity index (χ2v) is 6.51. The summed E-state index contributed by atoms with van der Waals surface area (Å²) in [7, 11) is 1.93. The van der Waals surface area contributed by atoms with Crippen molar-refractivity contribution in [1.29, 1.82) is 0 Å². The Balaban J connectivity index is 2.47. The molecular weight excluding hydrogens is 306 g/mol. The lowest BCUT2D eigenvalue weighted by molar-refractivity contribution is -0.117. The Labute approximate surface area is 123 Å². The minimum absolute atomic E-state index is 0.0187. The number of carbonyl (C=O) groups is 1. The van der Waals surface area contributed by atoms with Crippen LogP contribution in [0, 0.1) is 5.41 Å². The molecule has 0 radical (unpaired) electrons. The molecule has 1 aromatic carbocycles. The van der Waals surface area contributed by atoms with E-state index in [4.69, 9.17) is 5.73 Å². The summed E-state index contributed by atoms with van der Waals surface area (Å²) in [5.41, 5.74) is 6.51. The van der Waals surface area contributed by atoms with Crippen molar-refractivity contribution in [2.24, 2.45) is 11.1 Å². The molecule has 0 aliphatic rings. The van der Waals surface area contributed by atoms with E-state index in [0.29, 0.717) is 13.1 Å². The lowest BCUT2D eigenvalue weighted by atomic mass is 9.93. The van der Waals surface area contributed by atoms with Gasteiger partial charge >= 0.3 is 0 Å². The molecule has 0 heterocycles. The van der Waals surface area contributed by atoms with Gasteiger partial charge in [0.1, 0.15) is 0 Å². The van der Waals surface area contributed by atoms with Crippen molar-refractivity contribution in [1.82, 2.24) is 4.90 Å². The number of hydrogen-bond donors (Lipinski definition) is 2. The summed E-state index contributed by atoms with van der Waals surface area (Å²) < 4.78 is 0.947. The zero-order chi connectivity index (χ0) is 14.5. The van der Waals surface area contributed by atoms with Crippen molar-refractivity contribution in [2.45, 2.75) is 13.8 Å². The fourth-order valence-electron chi connectivity index (χ4n) is 1.86. The minimum atomic E-state index is -0.0200. The van der Waals surface area contributed by atoms with E-state index in [1.54, 1.807) is 0 Å². The number of halogens is 1. The lowest BCUT2D eigenvalue weighted by Gasteiger charge is -2.28. The predicted octanol–water partition coefficient (Wildman–Crippen LogP) is 2.30. The fraction of sp³-hybridized carbons (Fsp3) is 0.500. The van der Waals surface area contributed by atoms with E-state index in [1.807, 2.05) is 36.2 Å². The van der Waals surface area contributed by atoms with Gasteiger partial charge in [-0.2, -0.15) is 0 Å². The first kappa shape index (κ1) is 16.1. The van der Waals surface area contributed by atoms with E-state index in [-0.39, 0.29) is 11.3 Å². The first-order valence-electron chi connectivity index (χ1n) is 6.26. The van der Waals surface area contributed by atoms with Gasteiger partial charge in [0, 0.05) is 16.7 Å². The van der Waals surface area contributed by atoms with Gasteiger partial charge in [0.05, 0.1) is 6.54 Å². The quantitative estimate of drug-likeness (QED) is 0.842. The molecule has 5 heteroatoms. The highest BCUT2D eigenvalue weighted by molar-refractivity contribution is 9.10. The summed E-state index contributed by atoms with van der Waals surface area (Å²) >= 11 is 3.38. The summed E-state index contributed by atoms with van der Waals surface area (Å²) in [6, 6.07) is 7.56. The molecule has 19 heavy (non-hydrogen) atoms. The smallest absolute Gasteiger partial charge is 0.238 e. The van der Waals surface area contributed by atoms with Gasteiger partial charge in [-0.15, -0.1) is 0 Å². The number of benzene rings is 1. The van der Waals surface area contributed by atoms with Gasteiger partial charge in [-0.1, -0.05) is 35.8 Å². The van der Waals surface area contributed by atoms with E-state index >= 15 is 0 Å². The number of hydrogen-bond acceptors (Lipinski definition) is 3. The molecule has 106 valence electrons. The normalized spacial score (nSPS) is 11.7. The third-order valence-corrected chi connectivity index (χ3v) is 3.27. The Bertz CT molecular complexity index is 434. The maximum absolute atomic E-state index is 11.9. The second-order valence-electron chi connectivity index (χ2n) is 5.60. The van der Waals surface area contributed by atoms with E-state index in [9.17, 15) is 4.79 Å². The number of rotatable bonds is 6. The minimum Gasteiger partial charge on any atom is -0.330 e. The van der Waals surface area contributed by atoms with E-state index in [1.165, 1.54) is 0 Å². The van der Waals surface area contributed by atoms with Crippen LogP contribution in [0.5, 0.6) is 0 Å². The SMILES string of the molecule is CN(CC(=O)Nc1cccc(Br)c1)CC(C)(C)CN. The Morgan fingerprint density at radius 2 is 2.16 bits per heavy atom. The summed E-state index contributed by atoms with van der Waals surface area (Å²) in [4.78, 5) is 13.9. The first-order chi connectivity index (χ1) is 8.82. The van der Waals surface area contributed by atoms with Gasteiger partial charge in [-0.3, -0.25) is 9.69 Å². The molecule has 0 unspecified atom stereocenters. The highest BCUT2D eigenvalue weighted by atomic mass is 79.9. The Hall–Kier alpha value is -0.910. The molecule has 0 aliphatic heterocycles. The van der Waals surface area contributed by atoms with Gasteiger partial charge in [0.2, 0.25) is 5.91 Å². The molecule has 0 bridgehead atoms. The summed E-state index contributed by atoms with van der Waals surface area (Å²) in [5, 5.41) is 2.88. The molecule has 0 aliphatic carbocycles. The van der Waals surface area contributed by atoms with Crippen LogP contribution in [0.1, 0.15) is 13.8 Å². The van der Waals surface area contributed by atoms with Crippen LogP contribution in [0.25, 0.3) is 0 Å². The number of nitrogens with zero attached hydrogens (tertiary/aromatic N) is 1. The number of nitrogens with one attached hydrogen (secondary N) is 1. The Morgan fingerprint density at radius 1 is 1.47 bits per heavy atom. The number of nitrogens with two attached hydrogens (primary N) is 1. The molecule has 1 amide bonds. The standard InChI is InChI=1S/C14H22BrN3O/c1-14(2,9-16)10-18(3)8-13(19)17-12-6-4-5-11(15)7-12/h4-7H,8-10,16H2,1-3H3,(H,17,19). The number of amides is 1. The van der Waals surface area contributed by atoms with Gasteiger partial charge < -0.3 is 11.1 Å². The molecule has 4 nitrogen and oxygen atoms in total. The van der Waals surface area contributed by atoms with Crippen LogP contribution in [0.3, 0.4) is 0 Å². The van der Waals surface area contributed by atoms with Crippen LogP contribution in [0.2, 0.25) is 0 Å². The van der Waals surface area contributed by atoms with Crippen LogP contribution in [0.15, 0.2) is 28.7 Å². The first-order valence-corrected chi connectivity index (χ1v) is 7.06. The highest BCUT2D eigenvalue weighted by Gasteiger charge is 2.19. The molecule has 0 saturated heterocycles. The zero-order valence-electron chi connectivity index (χ0n) is 11.7. The molecule has 0 fully saturated rings. The number of anilines is 1. The maximum atomic E-state index is 11.9. The van der Waals surface area contributed by atoms with Crippen LogP contribution < -0.4 is 11.1 Å². The molecule has 1 rings (SSSR count). The van der Waals surface area contributed by atoms with Crippen molar-refractivity contribution < 1.29 is 4.79 Å². The Morgan fingerprint density at radius 3 is 2.74 bits per heavy atom. The van der Waals surface area contributed by atoms with Crippen molar-refractivity contribution in [3.63, 3.8) is 0 Å². The third kappa shape index (κ3) is 6.18. The molecule has 0 saturated carbocycles. The molecule has 0 aromatic heterocycles. The average Bonchev–Trinajstić information content (AvgIpc) is 2.27. The lowest BCUT2D eigenvalue weighted by Crippen LogP contribution is -2.40. The van der Waals surface area contributed by atoms with Crippen molar-refractivity contribution in [3.05, 3.63) is 28.7 Å². The van der Waals surface area contributed by atoms with Crippen LogP contribution in [-0.4, -0.2) is 37.5 Å². The monoisotopic (exact) mass is 327 g/mol. The van der Waals surface area contributed by atoms with Crippen molar-refractivity contribution in [2.75, 3.05) is 32.0 Å². The summed E-state index contributed by atoms with van der Waals surface area (Å²) in [5.74, 6) is -0.0200. The van der Waals surface area contributed by atoms with Crippen molar-refractivity contribution >= 4 is 27.5 Å². The molecular formula is C14H22BrN3O. The molecule has 0 spiro atoms. The summed E-state index contributed by atoms with van der Waals surface area (Å²) in [6.07, 6.45) is 0. The van der Waals surface area contributed by atoms with Gasteiger partial charge in [-0.25, -0.2) is 0 Å². The number of carbonyl (C=O) groups excluding carboxylic acids is 1. The molecule has 1 aromatic rings. The average molecular weight is 328 g/mol. The maximum Gasteiger partial charge on any atom is 0.238 e. The van der Waals surface area contributed by atoms with Gasteiger partial charge in [-0.05, 0) is 37.2 Å². The van der Waals surface area contributed by atoms with E-state index < -0.39 is 0 Å². The molecule has 0 atom stereocenters. The van der Waals surface area contributed by atoms with Gasteiger partial charge in [0.25, 0.3) is 0 Å². The van der Waals surface area contributed by atoms with Crippen LogP contribution in [0.4, 0.5) is 5.69 Å². The number of likely N-dealkylation sites (N-methyl/N-ethyl adjacent to an activating group) is 1. The van der Waals surface area contributed by atoms with Crippen molar-refractivity contribution in [3.8, 4) is 0 Å². The zero-order valence-corrected chi connectivity index (χ0v) is 13.3. The van der Waals surface area contributed by atoms with Gasteiger partial charge in [0.15, 0.2) is 0 Å². The predicted molar refractivity (Wildman–Crippen MR) is 83.1 cm³/mol. The third-order valence-electron chi connectivity index (χ3n) is 2.77. The summed E-state index contributed by atoms with van der Waals surface area (Å²) in [6.45, 7) is 5.93. The van der Waals surface area contributed by atoms with E-state index in [2.05, 4.69) is 35.1 Å². The topological polar surface area (TPSA) is 58.4 Å². The fourth-order valence-corrected chi connectivity index (χ4v) is 2.26. The molecule has 3 N–H and O–H groups in total. The Kier molecular flexibility index (Phi) is 5.97. The van der Waals surface area contributed by atoms with Crippen LogP contribution >= 0.6 is 15.9 Å². The largest absolute Gasteiger partial charge is 0.330 e. The van der Waals surface area contributed by atoms with Crippen LogP contribution in [-0.2, 0) is 4.79 Å². The highest BCUT2D eigenvalue weighted by Crippen LogP contribution is 2.16. The second kappa shape index (κ2) is 7.03.